The fraction of sp³-hybridized carbons (Fsp3) is 0.350. The maximum atomic E-state index is 12.9. The molecule has 2 N–H and O–H groups in total. The minimum absolute atomic E-state index is 0.174. The highest BCUT2D eigenvalue weighted by Crippen LogP contribution is 2.27. The SMILES string of the molecule is O=C(C1CC(c2ccccc2)NN1)N1CCN(c2ccccc2Cl)CC1. The van der Waals surface area contributed by atoms with Crippen molar-refractivity contribution in [1.82, 2.24) is 15.8 Å². The maximum absolute atomic E-state index is 12.9. The summed E-state index contributed by atoms with van der Waals surface area (Å²) in [6, 6.07) is 18.1. The van der Waals surface area contributed by atoms with Crippen molar-refractivity contribution in [3.8, 4) is 0 Å². The van der Waals surface area contributed by atoms with Crippen molar-refractivity contribution in [2.45, 2.75) is 18.5 Å². The van der Waals surface area contributed by atoms with Gasteiger partial charge in [-0.25, -0.2) is 10.9 Å². The lowest BCUT2D eigenvalue weighted by molar-refractivity contribution is -0.133. The predicted octanol–water partition coefficient (Wildman–Crippen LogP) is 2.60. The van der Waals surface area contributed by atoms with Gasteiger partial charge in [-0.2, -0.15) is 0 Å². The van der Waals surface area contributed by atoms with Crippen LogP contribution in [0.1, 0.15) is 18.0 Å². The Morgan fingerprint density at radius 1 is 0.923 bits per heavy atom. The number of carbonyl (C=O) groups is 1. The molecule has 2 aromatic rings. The minimum atomic E-state index is -0.174. The Bertz CT molecular complexity index is 761. The zero-order valence-electron chi connectivity index (χ0n) is 14.6. The normalized spacial score (nSPS) is 23.3. The van der Waals surface area contributed by atoms with Gasteiger partial charge in [0, 0.05) is 32.2 Å². The van der Waals surface area contributed by atoms with Crippen LogP contribution in [-0.2, 0) is 4.79 Å². The van der Waals surface area contributed by atoms with E-state index in [1.807, 2.05) is 47.4 Å². The number of hydrogen-bond donors (Lipinski definition) is 2. The molecule has 5 nitrogen and oxygen atoms in total. The summed E-state index contributed by atoms with van der Waals surface area (Å²) in [7, 11) is 0. The zero-order valence-corrected chi connectivity index (χ0v) is 15.3. The molecule has 0 saturated carbocycles. The standard InChI is InChI=1S/C20H23ClN4O/c21-16-8-4-5-9-19(16)24-10-12-25(13-11-24)20(26)18-14-17(22-23-18)15-6-2-1-3-7-15/h1-9,17-18,22-23H,10-14H2. The number of anilines is 1. The molecular formula is C20H23ClN4O. The van der Waals surface area contributed by atoms with Gasteiger partial charge in [0.15, 0.2) is 0 Å². The van der Waals surface area contributed by atoms with E-state index in [0.29, 0.717) is 0 Å². The highest BCUT2D eigenvalue weighted by Gasteiger charge is 2.34. The molecule has 26 heavy (non-hydrogen) atoms. The van der Waals surface area contributed by atoms with E-state index in [0.717, 1.165) is 43.3 Å². The summed E-state index contributed by atoms with van der Waals surface area (Å²) in [5.74, 6) is 0.176. The second-order valence-electron chi connectivity index (χ2n) is 6.80. The van der Waals surface area contributed by atoms with Gasteiger partial charge < -0.3 is 9.80 Å². The van der Waals surface area contributed by atoms with Gasteiger partial charge in [-0.05, 0) is 24.1 Å². The molecule has 2 fully saturated rings. The highest BCUT2D eigenvalue weighted by molar-refractivity contribution is 6.33. The molecule has 1 amide bonds. The molecule has 2 atom stereocenters. The smallest absolute Gasteiger partial charge is 0.241 e. The molecule has 6 heteroatoms. The topological polar surface area (TPSA) is 47.6 Å². The van der Waals surface area contributed by atoms with Crippen LogP contribution in [-0.4, -0.2) is 43.0 Å². The summed E-state index contributed by atoms with van der Waals surface area (Å²) in [6.45, 7) is 3.05. The summed E-state index contributed by atoms with van der Waals surface area (Å²) in [4.78, 5) is 17.1. The molecule has 0 bridgehead atoms. The zero-order chi connectivity index (χ0) is 17.9. The molecule has 136 valence electrons. The molecule has 4 rings (SSSR count). The third-order valence-corrected chi connectivity index (χ3v) is 5.51. The van der Waals surface area contributed by atoms with Crippen molar-refractivity contribution < 1.29 is 4.79 Å². The summed E-state index contributed by atoms with van der Waals surface area (Å²) < 4.78 is 0. The Hall–Kier alpha value is -2.08. The number of rotatable bonds is 3. The number of piperazine rings is 1. The van der Waals surface area contributed by atoms with E-state index in [4.69, 9.17) is 11.6 Å². The van der Waals surface area contributed by atoms with Crippen molar-refractivity contribution in [2.75, 3.05) is 31.1 Å². The van der Waals surface area contributed by atoms with Crippen molar-refractivity contribution in [3.63, 3.8) is 0 Å². The lowest BCUT2D eigenvalue weighted by atomic mass is 10.0. The number of para-hydroxylation sites is 1. The van der Waals surface area contributed by atoms with Crippen LogP contribution in [0.4, 0.5) is 5.69 Å². The molecule has 2 saturated heterocycles. The van der Waals surface area contributed by atoms with Crippen LogP contribution in [0.25, 0.3) is 0 Å². The monoisotopic (exact) mass is 370 g/mol. The number of carbonyl (C=O) groups excluding carboxylic acids is 1. The third-order valence-electron chi connectivity index (χ3n) is 5.19. The average Bonchev–Trinajstić information content (AvgIpc) is 3.19. The summed E-state index contributed by atoms with van der Waals surface area (Å²) >= 11 is 6.29. The van der Waals surface area contributed by atoms with E-state index in [1.54, 1.807) is 0 Å². The highest BCUT2D eigenvalue weighted by atomic mass is 35.5. The van der Waals surface area contributed by atoms with Gasteiger partial charge in [-0.1, -0.05) is 54.1 Å². The lowest BCUT2D eigenvalue weighted by Crippen LogP contribution is -2.53. The Labute approximate surface area is 158 Å². The van der Waals surface area contributed by atoms with Gasteiger partial charge in [0.1, 0.15) is 6.04 Å². The second kappa shape index (κ2) is 7.66. The molecular weight excluding hydrogens is 348 g/mol. The van der Waals surface area contributed by atoms with Crippen molar-refractivity contribution in [3.05, 3.63) is 65.2 Å². The van der Waals surface area contributed by atoms with E-state index in [2.05, 4.69) is 27.9 Å². The number of hydrazine groups is 1. The molecule has 0 radical (unpaired) electrons. The number of amides is 1. The Morgan fingerprint density at radius 2 is 1.62 bits per heavy atom. The largest absolute Gasteiger partial charge is 0.367 e. The summed E-state index contributed by atoms with van der Waals surface area (Å²) in [5, 5.41) is 0.764. The van der Waals surface area contributed by atoms with Crippen LogP contribution in [0.5, 0.6) is 0 Å². The van der Waals surface area contributed by atoms with Crippen LogP contribution in [0.15, 0.2) is 54.6 Å². The molecule has 0 spiro atoms. The first kappa shape index (κ1) is 17.3. The van der Waals surface area contributed by atoms with Gasteiger partial charge in [0.05, 0.1) is 10.7 Å². The molecule has 2 aliphatic rings. The summed E-state index contributed by atoms with van der Waals surface area (Å²) in [5.41, 5.74) is 8.69. The lowest BCUT2D eigenvalue weighted by Gasteiger charge is -2.37. The maximum Gasteiger partial charge on any atom is 0.241 e. The first-order valence-corrected chi connectivity index (χ1v) is 9.44. The van der Waals surface area contributed by atoms with Crippen LogP contribution in [0, 0.1) is 0 Å². The number of nitrogens with zero attached hydrogens (tertiary/aromatic N) is 2. The first-order chi connectivity index (χ1) is 12.7. The Kier molecular flexibility index (Phi) is 5.11. The molecule has 0 aromatic heterocycles. The molecule has 0 aliphatic carbocycles. The predicted molar refractivity (Wildman–Crippen MR) is 104 cm³/mol. The van der Waals surface area contributed by atoms with Gasteiger partial charge in [0.25, 0.3) is 0 Å². The second-order valence-corrected chi connectivity index (χ2v) is 7.21. The number of benzene rings is 2. The molecule has 2 heterocycles. The Morgan fingerprint density at radius 3 is 2.35 bits per heavy atom. The van der Waals surface area contributed by atoms with Gasteiger partial charge >= 0.3 is 0 Å². The van der Waals surface area contributed by atoms with Crippen LogP contribution in [0.3, 0.4) is 0 Å². The van der Waals surface area contributed by atoms with E-state index < -0.39 is 0 Å². The number of hydrogen-bond acceptors (Lipinski definition) is 4. The number of halogens is 1. The number of nitrogens with one attached hydrogen (secondary N) is 2. The first-order valence-electron chi connectivity index (χ1n) is 9.06. The van der Waals surface area contributed by atoms with Crippen molar-refractivity contribution in [1.29, 1.82) is 0 Å². The molecule has 2 aliphatic heterocycles. The van der Waals surface area contributed by atoms with E-state index >= 15 is 0 Å². The van der Waals surface area contributed by atoms with Gasteiger partial charge in [0.2, 0.25) is 5.91 Å². The molecule has 2 unspecified atom stereocenters. The third kappa shape index (κ3) is 3.56. The van der Waals surface area contributed by atoms with Gasteiger partial charge in [-0.15, -0.1) is 0 Å². The fourth-order valence-electron chi connectivity index (χ4n) is 3.72. The van der Waals surface area contributed by atoms with Crippen LogP contribution in [0.2, 0.25) is 5.02 Å². The van der Waals surface area contributed by atoms with Crippen LogP contribution >= 0.6 is 11.6 Å². The van der Waals surface area contributed by atoms with E-state index in [1.165, 1.54) is 5.56 Å². The quantitative estimate of drug-likeness (QED) is 0.872. The summed E-state index contributed by atoms with van der Waals surface area (Å²) in [6.07, 6.45) is 0.771. The van der Waals surface area contributed by atoms with E-state index in [9.17, 15) is 4.79 Å². The minimum Gasteiger partial charge on any atom is -0.367 e. The van der Waals surface area contributed by atoms with Crippen molar-refractivity contribution >= 4 is 23.2 Å². The Balaban J connectivity index is 1.34. The average molecular weight is 371 g/mol. The van der Waals surface area contributed by atoms with E-state index in [-0.39, 0.29) is 18.0 Å². The van der Waals surface area contributed by atoms with Crippen LogP contribution < -0.4 is 15.8 Å². The van der Waals surface area contributed by atoms with Gasteiger partial charge in [-0.3, -0.25) is 4.79 Å². The molecule has 2 aromatic carbocycles. The van der Waals surface area contributed by atoms with Crippen molar-refractivity contribution in [2.24, 2.45) is 0 Å². The fourth-order valence-corrected chi connectivity index (χ4v) is 3.97.